The number of hydrogen-bond acceptors (Lipinski definition) is 2. The fourth-order valence-corrected chi connectivity index (χ4v) is 2.80. The zero-order valence-corrected chi connectivity index (χ0v) is 19.9. The Kier molecular flexibility index (Phi) is 10.8. The molecule has 0 spiro atoms. The Morgan fingerprint density at radius 1 is 1.15 bits per heavy atom. The molecule has 0 fully saturated rings. The Labute approximate surface area is 176 Å². The normalized spacial score (nSPS) is 11.2. The number of nitrogens with zero attached hydrogens (tertiary/aromatic N) is 1. The molecule has 0 aromatic heterocycles. The molecule has 140 valence electrons. The van der Waals surface area contributed by atoms with Crippen molar-refractivity contribution in [2.75, 3.05) is 6.54 Å². The standard InChI is InChI=1S/C21H27NO.2ClH.Zr/c1-5-6-12-22-15-17-13-16(2)14-19(20(17)23)21(3,4)18-10-8-7-9-11-18;;;/h7-11,13-15,23H,5-6,12H2,1-4H3;2*1H;/q;;;+2/p-2. The van der Waals surface area contributed by atoms with Gasteiger partial charge in [-0.25, -0.2) is 0 Å². The number of aliphatic imine (C=N–C) groups is 1. The fourth-order valence-electron chi connectivity index (χ4n) is 2.80. The van der Waals surface area contributed by atoms with Crippen molar-refractivity contribution in [1.29, 1.82) is 0 Å². The molecule has 0 heterocycles. The molecule has 1 N–H and O–H groups in total. The van der Waals surface area contributed by atoms with Crippen LogP contribution in [0.1, 0.15) is 55.9 Å². The zero-order valence-electron chi connectivity index (χ0n) is 15.9. The molecule has 0 radical (unpaired) electrons. The van der Waals surface area contributed by atoms with Crippen LogP contribution >= 0.6 is 17.0 Å². The molecule has 0 aliphatic rings. The molecule has 2 aromatic carbocycles. The van der Waals surface area contributed by atoms with Gasteiger partial charge in [-0.15, -0.1) is 0 Å². The van der Waals surface area contributed by atoms with E-state index in [1.165, 1.54) is 5.56 Å². The summed E-state index contributed by atoms with van der Waals surface area (Å²) in [5, 5.41) is 10.8. The summed E-state index contributed by atoms with van der Waals surface area (Å²) in [7, 11) is 9.87. The summed E-state index contributed by atoms with van der Waals surface area (Å²) in [6.07, 6.45) is 4.01. The first-order chi connectivity index (χ1) is 12.4. The van der Waals surface area contributed by atoms with E-state index >= 15 is 0 Å². The molecule has 0 atom stereocenters. The minimum atomic E-state index is -0.826. The van der Waals surface area contributed by atoms with E-state index in [1.807, 2.05) is 30.5 Å². The first kappa shape index (κ1) is 23.4. The summed E-state index contributed by atoms with van der Waals surface area (Å²) in [6.45, 7) is 9.32. The van der Waals surface area contributed by atoms with E-state index in [2.05, 4.69) is 50.9 Å². The minimum absolute atomic E-state index is 0.261. The predicted octanol–water partition coefficient (Wildman–Crippen LogP) is 6.62. The van der Waals surface area contributed by atoms with Crippen LogP contribution in [0, 0.1) is 6.92 Å². The summed E-state index contributed by atoms with van der Waals surface area (Å²) in [5.41, 5.74) is 3.82. The van der Waals surface area contributed by atoms with E-state index in [-0.39, 0.29) is 5.41 Å². The van der Waals surface area contributed by atoms with E-state index < -0.39 is 20.8 Å². The van der Waals surface area contributed by atoms with Crippen LogP contribution in [-0.4, -0.2) is 17.9 Å². The van der Waals surface area contributed by atoms with E-state index in [0.717, 1.165) is 36.1 Å². The van der Waals surface area contributed by atoms with Gasteiger partial charge in [0.1, 0.15) is 5.75 Å². The van der Waals surface area contributed by atoms with Gasteiger partial charge >= 0.3 is 37.9 Å². The number of hydrogen-bond donors (Lipinski definition) is 1. The van der Waals surface area contributed by atoms with E-state index in [9.17, 15) is 5.11 Å². The Morgan fingerprint density at radius 3 is 2.35 bits per heavy atom. The number of phenols is 1. The summed E-state index contributed by atoms with van der Waals surface area (Å²) in [5.74, 6) is 0.338. The molecule has 26 heavy (non-hydrogen) atoms. The third kappa shape index (κ3) is 6.83. The summed E-state index contributed by atoms with van der Waals surface area (Å²) >= 11 is -0.826. The number of benzene rings is 2. The van der Waals surface area contributed by atoms with Crippen molar-refractivity contribution in [3.8, 4) is 5.75 Å². The van der Waals surface area contributed by atoms with Crippen LogP contribution in [0.15, 0.2) is 47.5 Å². The maximum atomic E-state index is 10.8. The number of aromatic hydroxyl groups is 1. The third-order valence-corrected chi connectivity index (χ3v) is 4.32. The summed E-state index contributed by atoms with van der Waals surface area (Å²) < 4.78 is 0. The Bertz CT molecular complexity index is 703. The van der Waals surface area contributed by atoms with Crippen molar-refractivity contribution in [2.24, 2.45) is 4.99 Å². The van der Waals surface area contributed by atoms with Crippen molar-refractivity contribution >= 4 is 23.2 Å². The second-order valence-electron chi connectivity index (χ2n) is 6.70. The molecule has 2 nitrogen and oxygen atoms in total. The molecule has 0 amide bonds. The van der Waals surface area contributed by atoms with Gasteiger partial charge in [-0.3, -0.25) is 4.99 Å². The quantitative estimate of drug-likeness (QED) is 0.373. The van der Waals surface area contributed by atoms with Gasteiger partial charge in [0.05, 0.1) is 0 Å². The summed E-state index contributed by atoms with van der Waals surface area (Å²) in [6, 6.07) is 14.4. The van der Waals surface area contributed by atoms with Crippen LogP contribution in [0.25, 0.3) is 0 Å². The Hall–Kier alpha value is -0.627. The van der Waals surface area contributed by atoms with E-state index in [0.29, 0.717) is 5.75 Å². The van der Waals surface area contributed by atoms with Gasteiger partial charge in [0.2, 0.25) is 0 Å². The van der Waals surface area contributed by atoms with Crippen molar-refractivity contribution in [1.82, 2.24) is 0 Å². The van der Waals surface area contributed by atoms with Gasteiger partial charge in [-0.2, -0.15) is 0 Å². The Morgan fingerprint density at radius 2 is 1.77 bits per heavy atom. The number of phenolic OH excluding ortho intramolecular Hbond substituents is 1. The predicted molar refractivity (Wildman–Crippen MR) is 110 cm³/mol. The Balaban J connectivity index is 0.00000105. The van der Waals surface area contributed by atoms with Gasteiger partial charge in [-0.1, -0.05) is 63.6 Å². The monoisotopic (exact) mass is 469 g/mol. The molecule has 0 bridgehead atoms. The topological polar surface area (TPSA) is 32.6 Å². The van der Waals surface area contributed by atoms with Crippen LogP contribution in [0.4, 0.5) is 0 Å². The summed E-state index contributed by atoms with van der Waals surface area (Å²) in [4.78, 5) is 4.44. The van der Waals surface area contributed by atoms with Crippen LogP contribution in [0.2, 0.25) is 0 Å². The van der Waals surface area contributed by atoms with Crippen LogP contribution < -0.4 is 0 Å². The average Bonchev–Trinajstić information content (AvgIpc) is 2.62. The van der Waals surface area contributed by atoms with Gasteiger partial charge in [0.25, 0.3) is 0 Å². The molecule has 0 aliphatic heterocycles. The van der Waals surface area contributed by atoms with Crippen LogP contribution in [0.3, 0.4) is 0 Å². The van der Waals surface area contributed by atoms with E-state index in [4.69, 9.17) is 17.0 Å². The van der Waals surface area contributed by atoms with Crippen molar-refractivity contribution in [3.05, 3.63) is 64.7 Å². The van der Waals surface area contributed by atoms with Crippen molar-refractivity contribution < 1.29 is 26.0 Å². The zero-order chi connectivity index (χ0) is 19.6. The number of aryl methyl sites for hydroxylation is 1. The molecule has 0 saturated heterocycles. The van der Waals surface area contributed by atoms with Crippen LogP contribution in [-0.2, 0) is 26.3 Å². The van der Waals surface area contributed by atoms with Crippen molar-refractivity contribution in [3.63, 3.8) is 0 Å². The van der Waals surface area contributed by atoms with Gasteiger partial charge in [-0.05, 0) is 30.5 Å². The average molecular weight is 472 g/mol. The molecule has 0 unspecified atom stereocenters. The molecule has 0 saturated carbocycles. The molecule has 5 heteroatoms. The SMILES string of the molecule is CCCCN=Cc1cc(C)cc(C(C)(C)c2ccccc2)c1O.[Cl][Zr][Cl]. The first-order valence-corrected chi connectivity index (χ1v) is 15.1. The molecule has 0 aliphatic carbocycles. The molecule has 2 rings (SSSR count). The number of unbranched alkanes of at least 4 members (excludes halogenated alkanes) is 1. The second-order valence-corrected chi connectivity index (χ2v) is 10.4. The maximum absolute atomic E-state index is 10.8. The molecule has 2 aromatic rings. The van der Waals surface area contributed by atoms with Crippen molar-refractivity contribution in [2.45, 2.75) is 46.0 Å². The fraction of sp³-hybridized carbons (Fsp3) is 0.381. The molecular formula is C21H27Cl2NOZr. The molecular weight excluding hydrogens is 444 g/mol. The van der Waals surface area contributed by atoms with Gasteiger partial charge in [0, 0.05) is 29.3 Å². The van der Waals surface area contributed by atoms with Gasteiger partial charge in [0.15, 0.2) is 0 Å². The van der Waals surface area contributed by atoms with Crippen LogP contribution in [0.5, 0.6) is 5.75 Å². The first-order valence-electron chi connectivity index (χ1n) is 8.74. The third-order valence-electron chi connectivity index (χ3n) is 4.32. The van der Waals surface area contributed by atoms with Gasteiger partial charge < -0.3 is 5.11 Å². The number of halogens is 2. The number of rotatable bonds is 6. The van der Waals surface area contributed by atoms with E-state index in [1.54, 1.807) is 0 Å². The second kappa shape index (κ2) is 12.0.